The topological polar surface area (TPSA) is 84.2 Å². The molecule has 0 aliphatic carbocycles. The fourth-order valence-corrected chi connectivity index (χ4v) is 1.80. The first-order valence-corrected chi connectivity index (χ1v) is 5.67. The van der Waals surface area contributed by atoms with Gasteiger partial charge in [-0.1, -0.05) is 0 Å². The van der Waals surface area contributed by atoms with Crippen LogP contribution in [0.2, 0.25) is 0 Å². The quantitative estimate of drug-likeness (QED) is 0.779. The molecule has 0 saturated carbocycles. The van der Waals surface area contributed by atoms with Gasteiger partial charge in [0.25, 0.3) is 0 Å². The summed E-state index contributed by atoms with van der Waals surface area (Å²) < 4.78 is 5.32. The third-order valence-corrected chi connectivity index (χ3v) is 2.68. The SMILES string of the molecule is CC(C)(C)OC(=O)N1CCC1c1[nH]ncc1N. The molecule has 6 heteroatoms. The molecule has 1 amide bonds. The number of hydrogen-bond acceptors (Lipinski definition) is 4. The predicted octanol–water partition coefficient (Wildman–Crippen LogP) is 1.67. The number of H-pyrrole nitrogens is 1. The van der Waals surface area contributed by atoms with Crippen LogP contribution in [0.3, 0.4) is 0 Å². The Morgan fingerprint density at radius 2 is 2.35 bits per heavy atom. The number of nitrogens with one attached hydrogen (secondary N) is 1. The number of anilines is 1. The molecule has 3 N–H and O–H groups in total. The average Bonchev–Trinajstić information content (AvgIpc) is 2.46. The molecule has 1 atom stereocenters. The second kappa shape index (κ2) is 3.94. The summed E-state index contributed by atoms with van der Waals surface area (Å²) in [5.74, 6) is 0. The number of hydrogen-bond donors (Lipinski definition) is 2. The normalized spacial score (nSPS) is 19.9. The fourth-order valence-electron chi connectivity index (χ4n) is 1.80. The van der Waals surface area contributed by atoms with Crippen molar-refractivity contribution in [3.63, 3.8) is 0 Å². The summed E-state index contributed by atoms with van der Waals surface area (Å²) in [5.41, 5.74) is 6.67. The summed E-state index contributed by atoms with van der Waals surface area (Å²) >= 11 is 0. The van der Waals surface area contributed by atoms with Crippen LogP contribution < -0.4 is 5.73 Å². The highest BCUT2D eigenvalue weighted by Gasteiger charge is 2.38. The molecular weight excluding hydrogens is 220 g/mol. The van der Waals surface area contributed by atoms with E-state index in [1.54, 1.807) is 11.1 Å². The van der Waals surface area contributed by atoms with Crippen LogP contribution in [0, 0.1) is 0 Å². The van der Waals surface area contributed by atoms with Gasteiger partial charge in [-0.2, -0.15) is 5.10 Å². The summed E-state index contributed by atoms with van der Waals surface area (Å²) in [7, 11) is 0. The van der Waals surface area contributed by atoms with Crippen LogP contribution in [0.25, 0.3) is 0 Å². The first-order chi connectivity index (χ1) is 7.88. The zero-order valence-corrected chi connectivity index (χ0v) is 10.4. The van der Waals surface area contributed by atoms with Crippen molar-refractivity contribution in [2.24, 2.45) is 0 Å². The Balaban J connectivity index is 2.05. The van der Waals surface area contributed by atoms with Crippen molar-refractivity contribution in [3.05, 3.63) is 11.9 Å². The smallest absolute Gasteiger partial charge is 0.410 e. The number of amides is 1. The van der Waals surface area contributed by atoms with E-state index in [0.29, 0.717) is 12.2 Å². The van der Waals surface area contributed by atoms with Gasteiger partial charge in [0.05, 0.1) is 23.6 Å². The van der Waals surface area contributed by atoms with Gasteiger partial charge in [0, 0.05) is 6.54 Å². The molecule has 1 unspecified atom stereocenters. The number of nitrogen functional groups attached to an aromatic ring is 1. The first-order valence-electron chi connectivity index (χ1n) is 5.67. The zero-order chi connectivity index (χ0) is 12.6. The lowest BCUT2D eigenvalue weighted by Gasteiger charge is -2.40. The molecule has 6 nitrogen and oxygen atoms in total. The van der Waals surface area contributed by atoms with Crippen molar-refractivity contribution >= 4 is 11.8 Å². The molecule has 0 aromatic carbocycles. The lowest BCUT2D eigenvalue weighted by Crippen LogP contribution is -2.47. The number of ether oxygens (including phenoxy) is 1. The van der Waals surface area contributed by atoms with E-state index in [1.165, 1.54) is 0 Å². The number of rotatable bonds is 1. The molecule has 1 saturated heterocycles. The molecule has 1 aromatic rings. The van der Waals surface area contributed by atoms with Gasteiger partial charge in [-0.05, 0) is 27.2 Å². The standard InChI is InChI=1S/C11H18N4O2/c1-11(2,3)17-10(16)15-5-4-8(15)9-7(12)6-13-14-9/h6,8H,4-5,12H2,1-3H3,(H,13,14). The Bertz CT molecular complexity index is 421. The van der Waals surface area contributed by atoms with Crippen molar-refractivity contribution in [3.8, 4) is 0 Å². The third kappa shape index (κ3) is 2.35. The molecular formula is C11H18N4O2. The van der Waals surface area contributed by atoms with Crippen molar-refractivity contribution in [1.29, 1.82) is 0 Å². The summed E-state index contributed by atoms with van der Waals surface area (Å²) in [6, 6.07) is -0.0349. The highest BCUT2D eigenvalue weighted by Crippen LogP contribution is 2.35. The van der Waals surface area contributed by atoms with E-state index < -0.39 is 5.60 Å². The number of aromatic nitrogens is 2. The summed E-state index contributed by atoms with van der Waals surface area (Å²) in [4.78, 5) is 13.5. The van der Waals surface area contributed by atoms with Crippen LogP contribution in [0.5, 0.6) is 0 Å². The Kier molecular flexibility index (Phi) is 2.73. The van der Waals surface area contributed by atoms with Gasteiger partial charge in [-0.3, -0.25) is 10.00 Å². The molecule has 94 valence electrons. The van der Waals surface area contributed by atoms with Crippen LogP contribution in [-0.4, -0.2) is 33.3 Å². The Morgan fingerprint density at radius 3 is 2.76 bits per heavy atom. The molecule has 0 spiro atoms. The molecule has 0 bridgehead atoms. The maximum atomic E-state index is 11.9. The van der Waals surface area contributed by atoms with Crippen LogP contribution in [-0.2, 0) is 4.74 Å². The fraction of sp³-hybridized carbons (Fsp3) is 0.636. The molecule has 2 heterocycles. The Labute approximate surface area is 100 Å². The van der Waals surface area contributed by atoms with E-state index in [-0.39, 0.29) is 12.1 Å². The van der Waals surface area contributed by atoms with E-state index in [1.807, 2.05) is 20.8 Å². The molecule has 17 heavy (non-hydrogen) atoms. The van der Waals surface area contributed by atoms with E-state index in [4.69, 9.17) is 10.5 Å². The third-order valence-electron chi connectivity index (χ3n) is 2.68. The van der Waals surface area contributed by atoms with Gasteiger partial charge in [0.15, 0.2) is 0 Å². The maximum Gasteiger partial charge on any atom is 0.410 e. The van der Waals surface area contributed by atoms with Crippen LogP contribution in [0.15, 0.2) is 6.20 Å². The molecule has 1 aromatic heterocycles. The van der Waals surface area contributed by atoms with Gasteiger partial charge in [-0.25, -0.2) is 4.79 Å². The monoisotopic (exact) mass is 238 g/mol. The number of nitrogens with zero attached hydrogens (tertiary/aromatic N) is 2. The minimum Gasteiger partial charge on any atom is -0.444 e. The van der Waals surface area contributed by atoms with E-state index in [9.17, 15) is 4.79 Å². The molecule has 2 rings (SSSR count). The Morgan fingerprint density at radius 1 is 1.65 bits per heavy atom. The zero-order valence-electron chi connectivity index (χ0n) is 10.4. The lowest BCUT2D eigenvalue weighted by molar-refractivity contribution is -0.00637. The number of likely N-dealkylation sites (tertiary alicyclic amines) is 1. The van der Waals surface area contributed by atoms with Gasteiger partial charge in [0.1, 0.15) is 5.60 Å². The minimum atomic E-state index is -0.475. The van der Waals surface area contributed by atoms with Gasteiger partial charge in [-0.15, -0.1) is 0 Å². The Hall–Kier alpha value is -1.72. The number of carbonyl (C=O) groups is 1. The van der Waals surface area contributed by atoms with Gasteiger partial charge >= 0.3 is 6.09 Å². The molecule has 1 aliphatic rings. The summed E-state index contributed by atoms with van der Waals surface area (Å²) in [5, 5.41) is 6.69. The maximum absolute atomic E-state index is 11.9. The molecule has 0 radical (unpaired) electrons. The lowest BCUT2D eigenvalue weighted by atomic mass is 10.00. The first kappa shape index (κ1) is 11.8. The molecule has 1 aliphatic heterocycles. The van der Waals surface area contributed by atoms with Crippen LogP contribution >= 0.6 is 0 Å². The van der Waals surface area contributed by atoms with Crippen molar-refractivity contribution in [2.75, 3.05) is 12.3 Å². The van der Waals surface area contributed by atoms with Gasteiger partial charge in [0.2, 0.25) is 0 Å². The van der Waals surface area contributed by atoms with E-state index in [2.05, 4.69) is 10.2 Å². The predicted molar refractivity (Wildman–Crippen MR) is 63.3 cm³/mol. The highest BCUT2D eigenvalue weighted by molar-refractivity contribution is 5.70. The van der Waals surface area contributed by atoms with Crippen molar-refractivity contribution in [2.45, 2.75) is 38.8 Å². The van der Waals surface area contributed by atoms with Crippen molar-refractivity contribution < 1.29 is 9.53 Å². The van der Waals surface area contributed by atoms with E-state index in [0.717, 1.165) is 12.1 Å². The summed E-state index contributed by atoms with van der Waals surface area (Å²) in [6.45, 7) is 6.25. The van der Waals surface area contributed by atoms with Crippen molar-refractivity contribution in [1.82, 2.24) is 15.1 Å². The second-order valence-corrected chi connectivity index (χ2v) is 5.22. The largest absolute Gasteiger partial charge is 0.444 e. The number of carbonyl (C=O) groups excluding carboxylic acids is 1. The van der Waals surface area contributed by atoms with E-state index >= 15 is 0 Å². The second-order valence-electron chi connectivity index (χ2n) is 5.22. The molecule has 1 fully saturated rings. The van der Waals surface area contributed by atoms with Gasteiger partial charge < -0.3 is 10.5 Å². The number of nitrogens with two attached hydrogens (primary N) is 1. The highest BCUT2D eigenvalue weighted by atomic mass is 16.6. The number of aromatic amines is 1. The minimum absolute atomic E-state index is 0.0349. The van der Waals surface area contributed by atoms with Crippen LogP contribution in [0.4, 0.5) is 10.5 Å². The summed E-state index contributed by atoms with van der Waals surface area (Å²) in [6.07, 6.45) is 2.13. The van der Waals surface area contributed by atoms with Crippen LogP contribution in [0.1, 0.15) is 38.9 Å². The average molecular weight is 238 g/mol.